The van der Waals surface area contributed by atoms with Crippen LogP contribution in [0.2, 0.25) is 11.6 Å². The lowest BCUT2D eigenvalue weighted by Gasteiger charge is -2.15. The van der Waals surface area contributed by atoms with Crippen LogP contribution in [0.5, 0.6) is 0 Å². The Morgan fingerprint density at radius 2 is 2.09 bits per heavy atom. The molecule has 1 saturated carbocycles. The maximum atomic E-state index is 10.6. The normalized spacial score (nSPS) is 44.1. The van der Waals surface area contributed by atoms with Crippen molar-refractivity contribution >= 4 is 21.7 Å². The SMILES string of the molecule is [B]C1CC(N)C([B])C1C(=O)O. The first kappa shape index (κ1) is 8.65. The number of hydrogen-bond donors (Lipinski definition) is 2. The van der Waals surface area contributed by atoms with Gasteiger partial charge in [-0.05, 0) is 18.3 Å². The Kier molecular flexibility index (Phi) is 2.28. The summed E-state index contributed by atoms with van der Waals surface area (Å²) in [5.74, 6) is -2.51. The van der Waals surface area contributed by atoms with Gasteiger partial charge in [0.05, 0.1) is 15.7 Å². The molecule has 3 N–H and O–H groups in total. The highest BCUT2D eigenvalue weighted by atomic mass is 16.4. The summed E-state index contributed by atoms with van der Waals surface area (Å²) in [6.45, 7) is 0. The average Bonchev–Trinajstić information content (AvgIpc) is 2.07. The first-order valence-corrected chi connectivity index (χ1v) is 3.53. The van der Waals surface area contributed by atoms with Gasteiger partial charge >= 0.3 is 5.97 Å². The molecule has 0 bridgehead atoms. The van der Waals surface area contributed by atoms with E-state index in [9.17, 15) is 4.79 Å². The predicted octanol–water partition coefficient (Wildman–Crippen LogP) is -0.668. The molecule has 3 nitrogen and oxygen atoms in total. The summed E-state index contributed by atoms with van der Waals surface area (Å²) in [7, 11) is 11.0. The van der Waals surface area contributed by atoms with Gasteiger partial charge in [-0.15, -0.1) is 0 Å². The van der Waals surface area contributed by atoms with Crippen LogP contribution in [0.3, 0.4) is 0 Å². The molecule has 5 heteroatoms. The Morgan fingerprint density at radius 1 is 1.55 bits per heavy atom. The third-order valence-corrected chi connectivity index (χ3v) is 2.20. The van der Waals surface area contributed by atoms with Gasteiger partial charge in [0.25, 0.3) is 0 Å². The first-order valence-electron chi connectivity index (χ1n) is 3.53. The van der Waals surface area contributed by atoms with Gasteiger partial charge in [-0.2, -0.15) is 0 Å². The molecule has 0 aromatic heterocycles. The van der Waals surface area contributed by atoms with Crippen LogP contribution in [-0.2, 0) is 4.79 Å². The number of carbonyl (C=O) groups is 1. The Bertz CT molecular complexity index is 176. The van der Waals surface area contributed by atoms with E-state index in [2.05, 4.69) is 0 Å². The van der Waals surface area contributed by atoms with Crippen LogP contribution in [0.4, 0.5) is 0 Å². The molecule has 11 heavy (non-hydrogen) atoms. The molecule has 0 heterocycles. The highest BCUT2D eigenvalue weighted by molar-refractivity contribution is 6.19. The standard InChI is InChI=1S/C6H9B2NO2/c7-2-1-3(9)5(8)4(2)6(10)11/h2-5H,1,9H2,(H,10,11). The molecular formula is C6H9B2NO2. The van der Waals surface area contributed by atoms with Crippen LogP contribution in [-0.4, -0.2) is 32.8 Å². The summed E-state index contributed by atoms with van der Waals surface area (Å²) < 4.78 is 0. The van der Waals surface area contributed by atoms with Crippen LogP contribution < -0.4 is 5.73 Å². The minimum atomic E-state index is -0.946. The lowest BCUT2D eigenvalue weighted by Crippen LogP contribution is -2.26. The van der Waals surface area contributed by atoms with Crippen LogP contribution in [0, 0.1) is 5.92 Å². The van der Waals surface area contributed by atoms with E-state index < -0.39 is 23.5 Å². The van der Waals surface area contributed by atoms with Crippen molar-refractivity contribution in [2.75, 3.05) is 0 Å². The predicted molar refractivity (Wildman–Crippen MR) is 42.7 cm³/mol. The molecule has 4 unspecified atom stereocenters. The van der Waals surface area contributed by atoms with Crippen LogP contribution in [0.1, 0.15) is 6.42 Å². The van der Waals surface area contributed by atoms with Crippen LogP contribution in [0.15, 0.2) is 0 Å². The Morgan fingerprint density at radius 3 is 2.27 bits per heavy atom. The van der Waals surface area contributed by atoms with E-state index in [-0.39, 0.29) is 6.04 Å². The van der Waals surface area contributed by atoms with E-state index >= 15 is 0 Å². The van der Waals surface area contributed by atoms with Crippen LogP contribution in [0.25, 0.3) is 0 Å². The number of rotatable bonds is 1. The van der Waals surface area contributed by atoms with Gasteiger partial charge in [0.2, 0.25) is 0 Å². The van der Waals surface area contributed by atoms with Crippen molar-refractivity contribution in [1.82, 2.24) is 0 Å². The van der Waals surface area contributed by atoms with Crippen molar-refractivity contribution in [3.63, 3.8) is 0 Å². The zero-order valence-electron chi connectivity index (χ0n) is 6.10. The molecular weight excluding hydrogens is 140 g/mol. The lowest BCUT2D eigenvalue weighted by molar-refractivity contribution is -0.141. The molecule has 56 valence electrons. The zero-order chi connectivity index (χ0) is 8.59. The number of aliphatic carboxylic acids is 1. The summed E-state index contributed by atoms with van der Waals surface area (Å²) in [6.07, 6.45) is 0.498. The molecule has 0 aromatic carbocycles. The molecule has 4 radical (unpaired) electrons. The third-order valence-electron chi connectivity index (χ3n) is 2.20. The maximum Gasteiger partial charge on any atom is 0.305 e. The monoisotopic (exact) mass is 149 g/mol. The van der Waals surface area contributed by atoms with Crippen molar-refractivity contribution in [3.05, 3.63) is 0 Å². The fourth-order valence-corrected chi connectivity index (χ4v) is 1.52. The average molecular weight is 149 g/mol. The second-order valence-corrected chi connectivity index (χ2v) is 3.00. The van der Waals surface area contributed by atoms with E-state index in [1.165, 1.54) is 0 Å². The number of carboxylic acids is 1. The summed E-state index contributed by atoms with van der Waals surface area (Å²) in [6, 6.07) is -0.272. The highest BCUT2D eigenvalue weighted by Gasteiger charge is 2.39. The molecule has 0 aliphatic heterocycles. The van der Waals surface area contributed by atoms with Crippen LogP contribution >= 0.6 is 0 Å². The minimum Gasteiger partial charge on any atom is -0.481 e. The smallest absolute Gasteiger partial charge is 0.305 e. The molecule has 0 aromatic rings. The molecule has 4 atom stereocenters. The van der Waals surface area contributed by atoms with Gasteiger partial charge in [0.1, 0.15) is 0 Å². The van der Waals surface area contributed by atoms with Gasteiger partial charge in [-0.25, -0.2) is 0 Å². The van der Waals surface area contributed by atoms with E-state index in [0.29, 0.717) is 6.42 Å². The Balaban J connectivity index is 2.71. The topological polar surface area (TPSA) is 63.3 Å². The van der Waals surface area contributed by atoms with E-state index in [1.807, 2.05) is 0 Å². The molecule has 0 spiro atoms. The van der Waals surface area contributed by atoms with Gasteiger partial charge in [0, 0.05) is 5.92 Å². The van der Waals surface area contributed by atoms with Crippen molar-refractivity contribution < 1.29 is 9.90 Å². The second kappa shape index (κ2) is 2.89. The molecule has 1 aliphatic carbocycles. The van der Waals surface area contributed by atoms with Crippen molar-refractivity contribution in [2.24, 2.45) is 11.7 Å². The van der Waals surface area contributed by atoms with Crippen molar-refractivity contribution in [2.45, 2.75) is 24.1 Å². The quantitative estimate of drug-likeness (QED) is 0.485. The van der Waals surface area contributed by atoms with Gasteiger partial charge in [-0.1, -0.05) is 5.82 Å². The highest BCUT2D eigenvalue weighted by Crippen LogP contribution is 2.40. The zero-order valence-corrected chi connectivity index (χ0v) is 6.10. The van der Waals surface area contributed by atoms with Gasteiger partial charge in [0.15, 0.2) is 0 Å². The summed E-state index contributed by atoms with van der Waals surface area (Å²) in [5, 5.41) is 8.66. The van der Waals surface area contributed by atoms with Gasteiger partial charge in [-0.3, -0.25) is 4.79 Å². The fourth-order valence-electron chi connectivity index (χ4n) is 1.52. The van der Waals surface area contributed by atoms with Crippen molar-refractivity contribution in [1.29, 1.82) is 0 Å². The molecule has 1 aliphatic rings. The molecule has 0 amide bonds. The number of carboxylic acid groups (broad SMARTS) is 1. The number of nitrogens with two attached hydrogens (primary N) is 1. The molecule has 1 rings (SSSR count). The Labute approximate surface area is 68.2 Å². The van der Waals surface area contributed by atoms with Gasteiger partial charge < -0.3 is 10.8 Å². The summed E-state index contributed by atoms with van der Waals surface area (Å²) >= 11 is 0. The van der Waals surface area contributed by atoms with E-state index in [0.717, 1.165) is 0 Å². The summed E-state index contributed by atoms with van der Waals surface area (Å²) in [5.41, 5.74) is 5.53. The molecule has 0 saturated heterocycles. The largest absolute Gasteiger partial charge is 0.481 e. The first-order chi connectivity index (χ1) is 5.04. The van der Waals surface area contributed by atoms with E-state index in [4.69, 9.17) is 26.5 Å². The fraction of sp³-hybridized carbons (Fsp3) is 0.833. The lowest BCUT2D eigenvalue weighted by atomic mass is 9.70. The Hall–Kier alpha value is -0.440. The second-order valence-electron chi connectivity index (χ2n) is 3.00. The molecule has 1 fully saturated rings. The third kappa shape index (κ3) is 1.43. The van der Waals surface area contributed by atoms with E-state index in [1.54, 1.807) is 0 Å². The number of hydrogen-bond acceptors (Lipinski definition) is 2. The van der Waals surface area contributed by atoms with Crippen molar-refractivity contribution in [3.8, 4) is 0 Å². The minimum absolute atomic E-state index is 0.272. The summed E-state index contributed by atoms with van der Waals surface area (Å²) in [4.78, 5) is 10.6. The maximum absolute atomic E-state index is 10.6.